The normalized spacial score (nSPS) is 13.4. The molecule has 0 bridgehead atoms. The van der Waals surface area contributed by atoms with Crippen LogP contribution in [0.4, 0.5) is 0 Å². The minimum atomic E-state index is -4.54. The third-order valence-corrected chi connectivity index (χ3v) is 9.64. The molecule has 0 radical (unpaired) electrons. The third-order valence-electron chi connectivity index (χ3n) is 7.93. The van der Waals surface area contributed by atoms with Crippen LogP contribution in [0.2, 0.25) is 0 Å². The van der Waals surface area contributed by atoms with E-state index in [0.717, 1.165) is 35.3 Å². The van der Waals surface area contributed by atoms with Gasteiger partial charge in [-0.05, 0) is 48.4 Å². The molecule has 250 valence electrons. The second-order valence-corrected chi connectivity index (χ2v) is 16.7. The highest BCUT2D eigenvalue weighted by molar-refractivity contribution is 7.48. The Morgan fingerprint density at radius 1 is 0.778 bits per heavy atom. The molecule has 0 spiro atoms. The van der Waals surface area contributed by atoms with E-state index in [9.17, 15) is 9.46 Å². The molecule has 1 aromatic heterocycles. The Labute approximate surface area is 276 Å². The number of aromatic nitrogens is 1. The summed E-state index contributed by atoms with van der Waals surface area (Å²) in [5.41, 5.74) is 3.90. The first-order valence-electron chi connectivity index (χ1n) is 16.8. The molecule has 2 aromatic carbocycles. The lowest BCUT2D eigenvalue weighted by molar-refractivity contribution is -0.683. The van der Waals surface area contributed by atoms with Crippen LogP contribution in [-0.4, -0.2) is 11.5 Å². The van der Waals surface area contributed by atoms with Gasteiger partial charge in [-0.3, -0.25) is 4.89 Å². The van der Waals surface area contributed by atoms with E-state index in [1.807, 2.05) is 47.5 Å². The molecule has 3 rings (SSSR count). The van der Waals surface area contributed by atoms with Crippen molar-refractivity contribution >= 4 is 19.2 Å². The SMILES string of the molecule is CCCCCCCCCCCCOc1cc(C(C)(C)C)c(OP(=O)(O)Oc2ccccc2C[n+]2csc(C)c2)cc1C(C)(C)C. The Morgan fingerprint density at radius 3 is 1.89 bits per heavy atom. The Kier molecular flexibility index (Phi) is 14.0. The summed E-state index contributed by atoms with van der Waals surface area (Å²) >= 11 is 1.65. The molecule has 1 N–H and O–H groups in total. The van der Waals surface area contributed by atoms with Crippen molar-refractivity contribution in [3.63, 3.8) is 0 Å². The number of unbranched alkanes of at least 4 members (excludes halogenated alkanes) is 9. The summed E-state index contributed by atoms with van der Waals surface area (Å²) in [5.74, 6) is 1.46. The van der Waals surface area contributed by atoms with Crippen LogP contribution in [-0.2, 0) is 21.9 Å². The van der Waals surface area contributed by atoms with E-state index in [1.54, 1.807) is 23.5 Å². The standard InChI is InChI=1S/C37H56NO5PS/c1-9-10-11-12-13-14-15-16-17-20-23-41-34-24-32(37(6,7)8)35(25-31(34)36(3,4)5)43-44(39,40)42-33-22-19-18-21-30(33)27-38-26-29(2)45-28-38/h18-19,21-22,24-26,28H,9-17,20,23,27H2,1-8H3/p+1. The Bertz CT molecular complexity index is 1390. The second kappa shape index (κ2) is 17.0. The van der Waals surface area contributed by atoms with Gasteiger partial charge in [0.1, 0.15) is 17.2 Å². The summed E-state index contributed by atoms with van der Waals surface area (Å²) in [6, 6.07) is 11.2. The van der Waals surface area contributed by atoms with E-state index in [1.165, 1.54) is 56.2 Å². The monoisotopic (exact) mass is 658 g/mol. The molecule has 0 amide bonds. The molecule has 0 fully saturated rings. The predicted molar refractivity (Wildman–Crippen MR) is 187 cm³/mol. The average molecular weight is 659 g/mol. The van der Waals surface area contributed by atoms with Crippen LogP contribution in [0.15, 0.2) is 48.1 Å². The molecule has 0 aliphatic heterocycles. The van der Waals surface area contributed by atoms with Crippen LogP contribution in [0, 0.1) is 6.92 Å². The van der Waals surface area contributed by atoms with Gasteiger partial charge in [0.05, 0.1) is 17.0 Å². The topological polar surface area (TPSA) is 68.9 Å². The lowest BCUT2D eigenvalue weighted by atomic mass is 9.81. The number of rotatable bonds is 18. The Hall–Kier alpha value is -2.34. The summed E-state index contributed by atoms with van der Waals surface area (Å²) < 4.78 is 33.6. The fourth-order valence-corrected chi connectivity index (χ4v) is 6.91. The number of phosphoric ester groups is 1. The molecule has 3 aromatic rings. The zero-order valence-electron chi connectivity index (χ0n) is 29.0. The predicted octanol–water partition coefficient (Wildman–Crippen LogP) is 10.8. The number of thiazole rings is 1. The van der Waals surface area contributed by atoms with Crippen LogP contribution in [0.1, 0.15) is 134 Å². The number of ether oxygens (including phenoxy) is 1. The largest absolute Gasteiger partial charge is 0.584 e. The van der Waals surface area contributed by atoms with Crippen molar-refractivity contribution < 1.29 is 27.8 Å². The first kappa shape index (κ1) is 37.1. The van der Waals surface area contributed by atoms with Gasteiger partial charge >= 0.3 is 7.82 Å². The number of hydrogen-bond acceptors (Lipinski definition) is 5. The quantitative estimate of drug-likeness (QED) is 0.0837. The fourth-order valence-electron chi connectivity index (χ4n) is 5.41. The minimum absolute atomic E-state index is 0.273. The van der Waals surface area contributed by atoms with Gasteiger partial charge in [-0.25, -0.2) is 4.57 Å². The maximum absolute atomic E-state index is 13.5. The van der Waals surface area contributed by atoms with Gasteiger partial charge in [-0.1, -0.05) is 130 Å². The molecule has 1 heterocycles. The molecule has 0 saturated carbocycles. The van der Waals surface area contributed by atoms with Crippen molar-refractivity contribution in [3.8, 4) is 17.2 Å². The molecule has 6 nitrogen and oxygen atoms in total. The Morgan fingerprint density at radius 2 is 1.31 bits per heavy atom. The van der Waals surface area contributed by atoms with Gasteiger partial charge < -0.3 is 13.8 Å². The summed E-state index contributed by atoms with van der Waals surface area (Å²) in [6.45, 7) is 18.0. The molecule has 0 aliphatic carbocycles. The first-order chi connectivity index (χ1) is 21.2. The molecule has 45 heavy (non-hydrogen) atoms. The second-order valence-electron chi connectivity index (χ2n) is 14.3. The summed E-state index contributed by atoms with van der Waals surface area (Å²) in [5, 5.41) is 0. The number of para-hydroxylation sites is 1. The minimum Gasteiger partial charge on any atom is -0.493 e. The zero-order chi connectivity index (χ0) is 33.1. The van der Waals surface area contributed by atoms with Gasteiger partial charge in [0.25, 0.3) is 0 Å². The molecule has 0 aliphatic rings. The third kappa shape index (κ3) is 12.4. The number of phosphoric acid groups is 1. The molecule has 8 heteroatoms. The van der Waals surface area contributed by atoms with Crippen LogP contribution < -0.4 is 18.4 Å². The summed E-state index contributed by atoms with van der Waals surface area (Å²) in [7, 11) is -4.54. The van der Waals surface area contributed by atoms with Gasteiger partial charge in [0, 0.05) is 11.1 Å². The van der Waals surface area contributed by atoms with Crippen molar-refractivity contribution in [2.75, 3.05) is 6.61 Å². The first-order valence-corrected chi connectivity index (χ1v) is 19.1. The van der Waals surface area contributed by atoms with Crippen molar-refractivity contribution in [1.29, 1.82) is 0 Å². The molecule has 1 atom stereocenters. The van der Waals surface area contributed by atoms with E-state index >= 15 is 0 Å². The molecule has 0 saturated heterocycles. The van der Waals surface area contributed by atoms with Crippen molar-refractivity contribution in [2.24, 2.45) is 0 Å². The van der Waals surface area contributed by atoms with E-state index in [2.05, 4.69) is 48.5 Å². The maximum Gasteiger partial charge on any atom is 0.584 e. The zero-order valence-corrected chi connectivity index (χ0v) is 30.7. The number of benzene rings is 2. The highest BCUT2D eigenvalue weighted by Crippen LogP contribution is 2.50. The molecular weight excluding hydrogens is 601 g/mol. The van der Waals surface area contributed by atoms with E-state index < -0.39 is 7.82 Å². The number of hydrogen-bond donors (Lipinski definition) is 1. The van der Waals surface area contributed by atoms with E-state index in [0.29, 0.717) is 24.7 Å². The fraction of sp³-hybridized carbons (Fsp3) is 0.595. The van der Waals surface area contributed by atoms with E-state index in [4.69, 9.17) is 13.8 Å². The van der Waals surface area contributed by atoms with Crippen LogP contribution in [0.5, 0.6) is 17.2 Å². The van der Waals surface area contributed by atoms with Crippen LogP contribution in [0.3, 0.4) is 0 Å². The number of nitrogens with zero attached hydrogens (tertiary/aromatic N) is 1. The Balaban J connectivity index is 1.73. The summed E-state index contributed by atoms with van der Waals surface area (Å²) in [4.78, 5) is 12.2. The number of aryl methyl sites for hydroxylation is 1. The summed E-state index contributed by atoms with van der Waals surface area (Å²) in [6.07, 6.45) is 14.8. The maximum atomic E-state index is 13.5. The van der Waals surface area contributed by atoms with Crippen LogP contribution in [0.25, 0.3) is 0 Å². The van der Waals surface area contributed by atoms with Gasteiger partial charge in [-0.15, -0.1) is 0 Å². The molecule has 1 unspecified atom stereocenters. The lowest BCUT2D eigenvalue weighted by Crippen LogP contribution is -2.31. The lowest BCUT2D eigenvalue weighted by Gasteiger charge is -2.29. The highest BCUT2D eigenvalue weighted by Gasteiger charge is 2.33. The van der Waals surface area contributed by atoms with E-state index in [-0.39, 0.29) is 10.8 Å². The smallest absolute Gasteiger partial charge is 0.493 e. The van der Waals surface area contributed by atoms with Gasteiger partial charge in [0.2, 0.25) is 5.51 Å². The van der Waals surface area contributed by atoms with Crippen molar-refractivity contribution in [3.05, 3.63) is 69.7 Å². The van der Waals surface area contributed by atoms with Crippen molar-refractivity contribution in [2.45, 2.75) is 137 Å². The van der Waals surface area contributed by atoms with Crippen LogP contribution >= 0.6 is 19.2 Å². The average Bonchev–Trinajstić information content (AvgIpc) is 3.36. The molecular formula is C37H57NO5PS+. The van der Waals surface area contributed by atoms with Gasteiger partial charge in [-0.2, -0.15) is 4.57 Å². The van der Waals surface area contributed by atoms with Gasteiger partial charge in [0.15, 0.2) is 12.7 Å². The van der Waals surface area contributed by atoms with Crippen molar-refractivity contribution in [1.82, 2.24) is 0 Å². The highest BCUT2D eigenvalue weighted by atomic mass is 32.1.